The molecule has 3 aromatic rings. The summed E-state index contributed by atoms with van der Waals surface area (Å²) in [4.78, 5) is 12.9. The number of halogens is 1. The Bertz CT molecular complexity index is 795. The third kappa shape index (κ3) is 3.18. The third-order valence-corrected chi connectivity index (χ3v) is 4.03. The standard InChI is InChI=1S/C20H16ClNO2/c21-17-12-7-13-18(14-17)22-19(23)20(24,15-8-3-1-4-9-15)16-10-5-2-6-11-16/h1-14,24H,(H,22,23). The smallest absolute Gasteiger partial charge is 0.265 e. The van der Waals surface area contributed by atoms with Crippen LogP contribution in [0, 0.1) is 0 Å². The van der Waals surface area contributed by atoms with E-state index in [1.165, 1.54) is 0 Å². The van der Waals surface area contributed by atoms with Gasteiger partial charge in [-0.3, -0.25) is 4.79 Å². The van der Waals surface area contributed by atoms with E-state index in [1.807, 2.05) is 12.1 Å². The molecule has 0 radical (unpaired) electrons. The van der Waals surface area contributed by atoms with Crippen molar-refractivity contribution >= 4 is 23.2 Å². The van der Waals surface area contributed by atoms with E-state index < -0.39 is 11.5 Å². The van der Waals surface area contributed by atoms with Crippen LogP contribution < -0.4 is 5.32 Å². The van der Waals surface area contributed by atoms with E-state index in [-0.39, 0.29) is 0 Å². The summed E-state index contributed by atoms with van der Waals surface area (Å²) in [5, 5.41) is 14.6. The summed E-state index contributed by atoms with van der Waals surface area (Å²) in [6.07, 6.45) is 0. The van der Waals surface area contributed by atoms with Gasteiger partial charge >= 0.3 is 0 Å². The quantitative estimate of drug-likeness (QED) is 0.749. The molecule has 2 N–H and O–H groups in total. The summed E-state index contributed by atoms with van der Waals surface area (Å²) >= 11 is 5.96. The van der Waals surface area contributed by atoms with Crippen molar-refractivity contribution in [3.05, 3.63) is 101 Å². The number of carbonyl (C=O) groups excluding carboxylic acids is 1. The average Bonchev–Trinajstić information content (AvgIpc) is 2.62. The minimum absolute atomic E-state index is 0.496. The minimum atomic E-state index is -1.80. The van der Waals surface area contributed by atoms with Crippen molar-refractivity contribution < 1.29 is 9.90 Å². The van der Waals surface area contributed by atoms with Crippen molar-refractivity contribution in [2.75, 3.05) is 5.32 Å². The first-order chi connectivity index (χ1) is 11.6. The van der Waals surface area contributed by atoms with Gasteiger partial charge in [-0.25, -0.2) is 0 Å². The monoisotopic (exact) mass is 337 g/mol. The second-order valence-corrected chi connectivity index (χ2v) is 5.84. The summed E-state index contributed by atoms with van der Waals surface area (Å²) in [5.74, 6) is -0.540. The predicted molar refractivity (Wildman–Crippen MR) is 96.0 cm³/mol. The lowest BCUT2D eigenvalue weighted by Crippen LogP contribution is -2.41. The van der Waals surface area contributed by atoms with E-state index in [0.717, 1.165) is 0 Å². The number of amides is 1. The van der Waals surface area contributed by atoms with Crippen LogP contribution in [0.5, 0.6) is 0 Å². The third-order valence-electron chi connectivity index (χ3n) is 3.79. The Morgan fingerprint density at radius 2 is 1.38 bits per heavy atom. The molecule has 0 bridgehead atoms. The van der Waals surface area contributed by atoms with E-state index in [4.69, 9.17) is 11.6 Å². The van der Waals surface area contributed by atoms with Crippen molar-refractivity contribution in [3.8, 4) is 0 Å². The zero-order valence-electron chi connectivity index (χ0n) is 12.8. The van der Waals surface area contributed by atoms with Crippen LogP contribution in [-0.2, 0) is 10.4 Å². The molecule has 120 valence electrons. The molecule has 0 saturated heterocycles. The number of carbonyl (C=O) groups is 1. The highest BCUT2D eigenvalue weighted by Gasteiger charge is 2.39. The Kier molecular flexibility index (Phi) is 4.65. The van der Waals surface area contributed by atoms with Gasteiger partial charge < -0.3 is 10.4 Å². The highest BCUT2D eigenvalue weighted by Crippen LogP contribution is 2.31. The Morgan fingerprint density at radius 1 is 0.833 bits per heavy atom. The first-order valence-corrected chi connectivity index (χ1v) is 7.89. The van der Waals surface area contributed by atoms with Crippen LogP contribution >= 0.6 is 11.6 Å². The SMILES string of the molecule is O=C(Nc1cccc(Cl)c1)C(O)(c1ccccc1)c1ccccc1. The van der Waals surface area contributed by atoms with E-state index in [1.54, 1.807) is 72.8 Å². The van der Waals surface area contributed by atoms with Crippen LogP contribution in [0.15, 0.2) is 84.9 Å². The lowest BCUT2D eigenvalue weighted by atomic mass is 9.85. The molecule has 0 heterocycles. The number of anilines is 1. The summed E-state index contributed by atoms with van der Waals surface area (Å²) < 4.78 is 0. The van der Waals surface area contributed by atoms with Crippen molar-refractivity contribution in [1.29, 1.82) is 0 Å². The molecule has 3 aromatic carbocycles. The van der Waals surface area contributed by atoms with Crippen LogP contribution in [0.3, 0.4) is 0 Å². The molecule has 0 aromatic heterocycles. The second kappa shape index (κ2) is 6.87. The Labute approximate surface area is 145 Å². The number of nitrogens with one attached hydrogen (secondary N) is 1. The zero-order chi connectivity index (χ0) is 17.0. The first kappa shape index (κ1) is 16.2. The van der Waals surface area contributed by atoms with Crippen molar-refractivity contribution in [2.45, 2.75) is 5.60 Å². The van der Waals surface area contributed by atoms with Crippen molar-refractivity contribution in [3.63, 3.8) is 0 Å². The second-order valence-electron chi connectivity index (χ2n) is 5.41. The summed E-state index contributed by atoms with van der Waals surface area (Å²) in [6, 6.07) is 24.5. The van der Waals surface area contributed by atoms with Crippen LogP contribution in [0.2, 0.25) is 5.02 Å². The van der Waals surface area contributed by atoms with E-state index in [0.29, 0.717) is 21.8 Å². The van der Waals surface area contributed by atoms with Crippen molar-refractivity contribution in [2.24, 2.45) is 0 Å². The first-order valence-electron chi connectivity index (χ1n) is 7.51. The van der Waals surface area contributed by atoms with Gasteiger partial charge in [0.25, 0.3) is 5.91 Å². The lowest BCUT2D eigenvalue weighted by Gasteiger charge is -2.28. The molecular formula is C20H16ClNO2. The minimum Gasteiger partial charge on any atom is -0.372 e. The molecule has 0 saturated carbocycles. The normalized spacial score (nSPS) is 11.1. The molecule has 0 aliphatic rings. The van der Waals surface area contributed by atoms with Crippen molar-refractivity contribution in [1.82, 2.24) is 0 Å². The Hall–Kier alpha value is -2.62. The molecule has 0 spiro atoms. The number of benzene rings is 3. The molecule has 0 atom stereocenters. The van der Waals surface area contributed by atoms with Gasteiger partial charge in [0.1, 0.15) is 0 Å². The van der Waals surface area contributed by atoms with E-state index >= 15 is 0 Å². The predicted octanol–water partition coefficient (Wildman–Crippen LogP) is 4.21. The molecule has 0 aliphatic heterocycles. The Balaban J connectivity index is 2.03. The largest absolute Gasteiger partial charge is 0.372 e. The summed E-state index contributed by atoms with van der Waals surface area (Å²) in [6.45, 7) is 0. The molecule has 3 nitrogen and oxygen atoms in total. The lowest BCUT2D eigenvalue weighted by molar-refractivity contribution is -0.131. The van der Waals surface area contributed by atoms with E-state index in [9.17, 15) is 9.90 Å². The molecule has 0 fully saturated rings. The van der Waals surface area contributed by atoms with Gasteiger partial charge in [0.2, 0.25) is 0 Å². The van der Waals surface area contributed by atoms with Gasteiger partial charge in [-0.05, 0) is 29.3 Å². The number of rotatable bonds is 4. The highest BCUT2D eigenvalue weighted by atomic mass is 35.5. The maximum absolute atomic E-state index is 12.9. The highest BCUT2D eigenvalue weighted by molar-refractivity contribution is 6.30. The molecule has 0 unspecified atom stereocenters. The number of aliphatic hydroxyl groups is 1. The number of hydrogen-bond acceptors (Lipinski definition) is 2. The Morgan fingerprint density at radius 3 is 1.88 bits per heavy atom. The van der Waals surface area contributed by atoms with Crippen LogP contribution in [0.4, 0.5) is 5.69 Å². The zero-order valence-corrected chi connectivity index (χ0v) is 13.6. The molecule has 1 amide bonds. The van der Waals surface area contributed by atoms with Crippen LogP contribution in [0.1, 0.15) is 11.1 Å². The van der Waals surface area contributed by atoms with Gasteiger partial charge in [0, 0.05) is 10.7 Å². The summed E-state index contributed by atoms with van der Waals surface area (Å²) in [7, 11) is 0. The van der Waals surface area contributed by atoms with Gasteiger partial charge in [-0.1, -0.05) is 78.3 Å². The molecule has 0 aliphatic carbocycles. The molecule has 4 heteroatoms. The maximum Gasteiger partial charge on any atom is 0.265 e. The fourth-order valence-electron chi connectivity index (χ4n) is 2.58. The van der Waals surface area contributed by atoms with E-state index in [2.05, 4.69) is 5.32 Å². The molecule has 24 heavy (non-hydrogen) atoms. The fourth-order valence-corrected chi connectivity index (χ4v) is 2.77. The van der Waals surface area contributed by atoms with Gasteiger partial charge in [0.05, 0.1) is 0 Å². The number of hydrogen-bond donors (Lipinski definition) is 2. The average molecular weight is 338 g/mol. The summed E-state index contributed by atoms with van der Waals surface area (Å²) in [5.41, 5.74) is -0.283. The fraction of sp³-hybridized carbons (Fsp3) is 0.0500. The van der Waals surface area contributed by atoms with Gasteiger partial charge in [-0.2, -0.15) is 0 Å². The topological polar surface area (TPSA) is 49.3 Å². The van der Waals surface area contributed by atoms with Gasteiger partial charge in [0.15, 0.2) is 5.60 Å². The molecule has 3 rings (SSSR count). The maximum atomic E-state index is 12.9. The van der Waals surface area contributed by atoms with Crippen LogP contribution in [-0.4, -0.2) is 11.0 Å². The van der Waals surface area contributed by atoms with Crippen LogP contribution in [0.25, 0.3) is 0 Å². The van der Waals surface area contributed by atoms with Gasteiger partial charge in [-0.15, -0.1) is 0 Å². The molecular weight excluding hydrogens is 322 g/mol.